The second-order valence-electron chi connectivity index (χ2n) is 4.51. The molecule has 112 valence electrons. The SMILES string of the molecule is C=O.COC(=O)c1ccc2c3c(ccc(C)c13)C(=O)OC2=O. The maximum Gasteiger partial charge on any atom is 0.346 e. The fourth-order valence-electron chi connectivity index (χ4n) is 2.48. The Hall–Kier alpha value is -3.02. The van der Waals surface area contributed by atoms with Crippen LogP contribution in [-0.2, 0) is 14.3 Å². The zero-order valence-electron chi connectivity index (χ0n) is 12.0. The van der Waals surface area contributed by atoms with Gasteiger partial charge in [-0.15, -0.1) is 0 Å². The topological polar surface area (TPSA) is 86.7 Å². The van der Waals surface area contributed by atoms with E-state index in [1.54, 1.807) is 19.1 Å². The van der Waals surface area contributed by atoms with Crippen molar-refractivity contribution in [3.63, 3.8) is 0 Å². The van der Waals surface area contributed by atoms with Gasteiger partial charge >= 0.3 is 17.9 Å². The van der Waals surface area contributed by atoms with Gasteiger partial charge in [-0.3, -0.25) is 0 Å². The first-order valence-electron chi connectivity index (χ1n) is 6.24. The smallest absolute Gasteiger partial charge is 0.346 e. The Balaban J connectivity index is 0.000000847. The molecule has 0 saturated carbocycles. The lowest BCUT2D eigenvalue weighted by Crippen LogP contribution is -2.20. The average Bonchev–Trinajstić information content (AvgIpc) is 2.54. The molecule has 0 saturated heterocycles. The highest BCUT2D eigenvalue weighted by Gasteiger charge is 2.29. The first kappa shape index (κ1) is 15.4. The summed E-state index contributed by atoms with van der Waals surface area (Å²) in [7, 11) is 1.28. The van der Waals surface area contributed by atoms with Crippen molar-refractivity contribution in [3.05, 3.63) is 46.5 Å². The molecule has 6 nitrogen and oxygen atoms in total. The number of hydrogen-bond donors (Lipinski definition) is 0. The van der Waals surface area contributed by atoms with E-state index in [1.807, 2.05) is 6.79 Å². The zero-order valence-corrected chi connectivity index (χ0v) is 12.0. The van der Waals surface area contributed by atoms with Gasteiger partial charge in [0.25, 0.3) is 0 Å². The number of hydrogen-bond acceptors (Lipinski definition) is 6. The molecule has 0 aliphatic carbocycles. The van der Waals surface area contributed by atoms with Crippen LogP contribution in [-0.4, -0.2) is 31.8 Å². The summed E-state index contributed by atoms with van der Waals surface area (Å²) in [6, 6.07) is 6.30. The van der Waals surface area contributed by atoms with E-state index in [9.17, 15) is 14.4 Å². The van der Waals surface area contributed by atoms with Crippen molar-refractivity contribution in [2.75, 3.05) is 7.11 Å². The minimum absolute atomic E-state index is 0.283. The summed E-state index contributed by atoms with van der Waals surface area (Å²) in [5.41, 5.74) is 1.68. The summed E-state index contributed by atoms with van der Waals surface area (Å²) >= 11 is 0. The van der Waals surface area contributed by atoms with Gasteiger partial charge in [0, 0.05) is 10.8 Å². The molecule has 3 rings (SSSR count). The van der Waals surface area contributed by atoms with E-state index in [4.69, 9.17) is 9.53 Å². The molecule has 22 heavy (non-hydrogen) atoms. The first-order valence-corrected chi connectivity index (χ1v) is 6.24. The summed E-state index contributed by atoms with van der Waals surface area (Å²) in [5, 5.41) is 1.01. The van der Waals surface area contributed by atoms with Crippen LogP contribution in [0.4, 0.5) is 0 Å². The molecule has 0 unspecified atom stereocenters. The summed E-state index contributed by atoms with van der Waals surface area (Å²) < 4.78 is 9.42. The Bertz CT molecular complexity index is 786. The molecule has 0 bridgehead atoms. The largest absolute Gasteiger partial charge is 0.465 e. The van der Waals surface area contributed by atoms with Crippen LogP contribution in [0.25, 0.3) is 10.8 Å². The van der Waals surface area contributed by atoms with Crippen LogP contribution in [0.5, 0.6) is 0 Å². The van der Waals surface area contributed by atoms with Crippen molar-refractivity contribution in [3.8, 4) is 0 Å². The molecule has 6 heteroatoms. The number of ether oxygens (including phenoxy) is 2. The fraction of sp³-hybridized carbons (Fsp3) is 0.125. The van der Waals surface area contributed by atoms with Crippen molar-refractivity contribution in [2.45, 2.75) is 6.92 Å². The third-order valence-corrected chi connectivity index (χ3v) is 3.40. The molecule has 2 aromatic rings. The number of benzene rings is 2. The molecule has 0 aromatic heterocycles. The Kier molecular flexibility index (Phi) is 4.03. The van der Waals surface area contributed by atoms with Gasteiger partial charge in [-0.1, -0.05) is 6.07 Å². The number of rotatable bonds is 1. The molecule has 1 heterocycles. The lowest BCUT2D eigenvalue weighted by Gasteiger charge is -2.18. The van der Waals surface area contributed by atoms with Crippen LogP contribution in [0.2, 0.25) is 0 Å². The summed E-state index contributed by atoms with van der Waals surface area (Å²) in [4.78, 5) is 43.4. The molecule has 1 aliphatic heterocycles. The highest BCUT2D eigenvalue weighted by molar-refractivity contribution is 6.23. The van der Waals surface area contributed by atoms with E-state index >= 15 is 0 Å². The Labute approximate surface area is 125 Å². The average molecular weight is 300 g/mol. The summed E-state index contributed by atoms with van der Waals surface area (Å²) in [5.74, 6) is -1.91. The van der Waals surface area contributed by atoms with Crippen molar-refractivity contribution >= 4 is 35.5 Å². The lowest BCUT2D eigenvalue weighted by molar-refractivity contribution is -0.0980. The maximum absolute atomic E-state index is 11.8. The quantitative estimate of drug-likeness (QED) is 0.592. The molecule has 0 amide bonds. The Morgan fingerprint density at radius 3 is 2.09 bits per heavy atom. The van der Waals surface area contributed by atoms with Gasteiger partial charge in [-0.2, -0.15) is 0 Å². The van der Waals surface area contributed by atoms with Crippen LogP contribution in [0.1, 0.15) is 36.6 Å². The van der Waals surface area contributed by atoms with Crippen molar-refractivity contribution in [1.29, 1.82) is 0 Å². The number of carbonyl (C=O) groups excluding carboxylic acids is 4. The Morgan fingerprint density at radius 1 is 1.00 bits per heavy atom. The van der Waals surface area contributed by atoms with E-state index in [0.29, 0.717) is 16.3 Å². The van der Waals surface area contributed by atoms with Gasteiger partial charge in [-0.25, -0.2) is 14.4 Å². The third-order valence-electron chi connectivity index (χ3n) is 3.40. The van der Waals surface area contributed by atoms with Crippen LogP contribution in [0, 0.1) is 6.92 Å². The van der Waals surface area contributed by atoms with Crippen LogP contribution < -0.4 is 0 Å². The molecular weight excluding hydrogens is 288 g/mol. The fourth-order valence-corrected chi connectivity index (χ4v) is 2.48. The van der Waals surface area contributed by atoms with E-state index in [-0.39, 0.29) is 11.1 Å². The van der Waals surface area contributed by atoms with Gasteiger partial charge in [-0.05, 0) is 30.7 Å². The van der Waals surface area contributed by atoms with E-state index in [2.05, 4.69) is 4.74 Å². The molecule has 0 spiro atoms. The lowest BCUT2D eigenvalue weighted by atomic mass is 9.91. The predicted molar refractivity (Wildman–Crippen MR) is 76.9 cm³/mol. The number of esters is 3. The monoisotopic (exact) mass is 300 g/mol. The van der Waals surface area contributed by atoms with E-state index < -0.39 is 17.9 Å². The van der Waals surface area contributed by atoms with Gasteiger partial charge in [0.1, 0.15) is 6.79 Å². The normalized spacial score (nSPS) is 12.3. The van der Waals surface area contributed by atoms with Crippen molar-refractivity contribution < 1.29 is 28.7 Å². The first-order chi connectivity index (χ1) is 10.5. The molecule has 0 fully saturated rings. The molecule has 0 radical (unpaired) electrons. The van der Waals surface area contributed by atoms with Crippen LogP contribution in [0.3, 0.4) is 0 Å². The highest BCUT2D eigenvalue weighted by atomic mass is 16.6. The van der Waals surface area contributed by atoms with Gasteiger partial charge in [0.2, 0.25) is 0 Å². The third kappa shape index (κ3) is 2.14. The number of carbonyl (C=O) groups is 4. The van der Waals surface area contributed by atoms with Crippen molar-refractivity contribution in [2.24, 2.45) is 0 Å². The molecule has 2 aromatic carbocycles. The second kappa shape index (κ2) is 5.77. The maximum atomic E-state index is 11.8. The standard InChI is InChI=1S/C15H10O5.CH2O/c1-7-3-4-9-12-10(15(18)20-14(9)17)6-5-8(11(7)12)13(16)19-2;1-2/h3-6H,1-2H3;1H2. The van der Waals surface area contributed by atoms with Crippen molar-refractivity contribution in [1.82, 2.24) is 0 Å². The predicted octanol–water partition coefficient (Wildman–Crippen LogP) is 2.06. The van der Waals surface area contributed by atoms with Gasteiger partial charge in [0.15, 0.2) is 0 Å². The minimum Gasteiger partial charge on any atom is -0.465 e. The number of aryl methyl sites for hydroxylation is 1. The van der Waals surface area contributed by atoms with Gasteiger partial charge in [0.05, 0.1) is 23.8 Å². The van der Waals surface area contributed by atoms with Crippen LogP contribution in [0.15, 0.2) is 24.3 Å². The zero-order chi connectivity index (χ0) is 16.4. The molecule has 0 atom stereocenters. The number of methoxy groups -OCH3 is 1. The Morgan fingerprint density at radius 2 is 1.55 bits per heavy atom. The van der Waals surface area contributed by atoms with E-state index in [0.717, 1.165) is 5.56 Å². The summed E-state index contributed by atoms with van der Waals surface area (Å²) in [6.45, 7) is 3.81. The van der Waals surface area contributed by atoms with Gasteiger partial charge < -0.3 is 14.3 Å². The summed E-state index contributed by atoms with van der Waals surface area (Å²) in [6.07, 6.45) is 0. The molecule has 0 N–H and O–H groups in total. The highest BCUT2D eigenvalue weighted by Crippen LogP contribution is 2.33. The minimum atomic E-state index is -0.700. The van der Waals surface area contributed by atoms with Crippen LogP contribution >= 0.6 is 0 Å². The number of cyclic esters (lactones) is 2. The molecular formula is C16H12O6. The molecule has 1 aliphatic rings. The van der Waals surface area contributed by atoms with E-state index in [1.165, 1.54) is 19.2 Å². The second-order valence-corrected chi connectivity index (χ2v) is 4.51.